The van der Waals surface area contributed by atoms with Gasteiger partial charge in [0.05, 0.1) is 5.69 Å². The van der Waals surface area contributed by atoms with Gasteiger partial charge in [0.15, 0.2) is 0 Å². The molecular formula is C16H22N2O2S. The topological polar surface area (TPSA) is 49.4 Å². The van der Waals surface area contributed by atoms with Gasteiger partial charge in [-0.05, 0) is 25.5 Å². The first kappa shape index (κ1) is 15.9. The quantitative estimate of drug-likeness (QED) is 0.910. The summed E-state index contributed by atoms with van der Waals surface area (Å²) in [5, 5.41) is 2.89. The van der Waals surface area contributed by atoms with E-state index in [1.54, 1.807) is 11.8 Å². The molecule has 0 unspecified atom stereocenters. The van der Waals surface area contributed by atoms with E-state index in [1.807, 2.05) is 43.0 Å². The Labute approximate surface area is 130 Å². The third kappa shape index (κ3) is 4.24. The Morgan fingerprint density at radius 3 is 2.86 bits per heavy atom. The van der Waals surface area contributed by atoms with Crippen LogP contribution in [0.4, 0.5) is 5.69 Å². The van der Waals surface area contributed by atoms with Crippen molar-refractivity contribution in [2.24, 2.45) is 0 Å². The van der Waals surface area contributed by atoms with E-state index in [2.05, 4.69) is 5.32 Å². The van der Waals surface area contributed by atoms with Crippen LogP contribution in [0.2, 0.25) is 0 Å². The lowest BCUT2D eigenvalue weighted by molar-refractivity contribution is -0.125. The van der Waals surface area contributed by atoms with Gasteiger partial charge in [-0.2, -0.15) is 0 Å². The number of hydrogen-bond donors (Lipinski definition) is 1. The third-order valence-corrected chi connectivity index (χ3v) is 4.66. The first-order valence-corrected chi connectivity index (χ1v) is 8.42. The molecule has 0 radical (unpaired) electrons. The lowest BCUT2D eigenvalue weighted by Gasteiger charge is -2.29. The van der Waals surface area contributed by atoms with E-state index in [-0.39, 0.29) is 30.7 Å². The number of thioether (sulfide) groups is 1. The number of rotatable bonds is 5. The molecule has 0 bridgehead atoms. The molecule has 2 rings (SSSR count). The van der Waals surface area contributed by atoms with Gasteiger partial charge in [0.25, 0.3) is 0 Å². The molecule has 1 aliphatic heterocycles. The van der Waals surface area contributed by atoms with E-state index in [4.69, 9.17) is 0 Å². The van der Waals surface area contributed by atoms with E-state index >= 15 is 0 Å². The molecular weight excluding hydrogens is 284 g/mol. The predicted octanol–water partition coefficient (Wildman–Crippen LogP) is 2.82. The lowest BCUT2D eigenvalue weighted by Crippen LogP contribution is -2.37. The number of carbonyl (C=O) groups is 2. The standard InChI is InChI=1S/C16H22N2O2S/c1-3-12(2)17-15(19)8-9-16(20)18-10-11-21-14-7-5-4-6-13(14)18/h4-7,12H,3,8-11H2,1-2H3,(H,17,19)/t12-/m1/s1. The molecule has 0 saturated heterocycles. The highest BCUT2D eigenvalue weighted by Crippen LogP contribution is 2.34. The van der Waals surface area contributed by atoms with Gasteiger partial charge in [0, 0.05) is 36.1 Å². The van der Waals surface area contributed by atoms with Crippen LogP contribution in [0.5, 0.6) is 0 Å². The van der Waals surface area contributed by atoms with Crippen LogP contribution in [0, 0.1) is 0 Å². The molecule has 1 aromatic carbocycles. The molecule has 0 saturated carbocycles. The van der Waals surface area contributed by atoms with Crippen molar-refractivity contribution in [2.75, 3.05) is 17.2 Å². The number of benzene rings is 1. The average Bonchev–Trinajstić information content (AvgIpc) is 2.51. The molecule has 0 aliphatic carbocycles. The largest absolute Gasteiger partial charge is 0.354 e. The second kappa shape index (κ2) is 7.50. The fraction of sp³-hybridized carbons (Fsp3) is 0.500. The van der Waals surface area contributed by atoms with Gasteiger partial charge in [-0.25, -0.2) is 0 Å². The van der Waals surface area contributed by atoms with Gasteiger partial charge in [0.1, 0.15) is 0 Å². The van der Waals surface area contributed by atoms with Gasteiger partial charge >= 0.3 is 0 Å². The van der Waals surface area contributed by atoms with Crippen LogP contribution >= 0.6 is 11.8 Å². The summed E-state index contributed by atoms with van der Waals surface area (Å²) in [6.07, 6.45) is 1.42. The molecule has 1 aliphatic rings. The van der Waals surface area contributed by atoms with Crippen LogP contribution in [0.3, 0.4) is 0 Å². The fourth-order valence-electron chi connectivity index (χ4n) is 2.23. The Kier molecular flexibility index (Phi) is 5.67. The molecule has 4 nitrogen and oxygen atoms in total. The molecule has 5 heteroatoms. The van der Waals surface area contributed by atoms with Crippen LogP contribution in [0.25, 0.3) is 0 Å². The monoisotopic (exact) mass is 306 g/mol. The summed E-state index contributed by atoms with van der Waals surface area (Å²) in [7, 11) is 0. The minimum Gasteiger partial charge on any atom is -0.354 e. The van der Waals surface area contributed by atoms with Crippen LogP contribution < -0.4 is 10.2 Å². The number of fused-ring (bicyclic) bond motifs is 1. The predicted molar refractivity (Wildman–Crippen MR) is 86.6 cm³/mol. The highest BCUT2D eigenvalue weighted by molar-refractivity contribution is 7.99. The maximum absolute atomic E-state index is 12.4. The zero-order chi connectivity index (χ0) is 15.2. The number of amides is 2. The first-order chi connectivity index (χ1) is 10.1. The zero-order valence-corrected chi connectivity index (χ0v) is 13.4. The van der Waals surface area contributed by atoms with E-state index in [9.17, 15) is 9.59 Å². The fourth-order valence-corrected chi connectivity index (χ4v) is 3.23. The van der Waals surface area contributed by atoms with Crippen molar-refractivity contribution in [1.29, 1.82) is 0 Å². The van der Waals surface area contributed by atoms with Gasteiger partial charge in [-0.3, -0.25) is 9.59 Å². The summed E-state index contributed by atoms with van der Waals surface area (Å²) >= 11 is 1.77. The van der Waals surface area contributed by atoms with Crippen molar-refractivity contribution in [3.8, 4) is 0 Å². The summed E-state index contributed by atoms with van der Waals surface area (Å²) in [5.41, 5.74) is 0.973. The Balaban J connectivity index is 1.91. The summed E-state index contributed by atoms with van der Waals surface area (Å²) in [6, 6.07) is 8.10. The second-order valence-corrected chi connectivity index (χ2v) is 6.38. The van der Waals surface area contributed by atoms with Crippen molar-refractivity contribution in [3.63, 3.8) is 0 Å². The van der Waals surface area contributed by atoms with E-state index in [0.29, 0.717) is 6.54 Å². The van der Waals surface area contributed by atoms with Gasteiger partial charge in [-0.15, -0.1) is 11.8 Å². The van der Waals surface area contributed by atoms with Crippen LogP contribution in [0.1, 0.15) is 33.1 Å². The van der Waals surface area contributed by atoms with Crippen molar-refractivity contribution in [3.05, 3.63) is 24.3 Å². The molecule has 0 fully saturated rings. The number of nitrogens with one attached hydrogen (secondary N) is 1. The van der Waals surface area contributed by atoms with Crippen molar-refractivity contribution in [1.82, 2.24) is 5.32 Å². The lowest BCUT2D eigenvalue weighted by atomic mass is 10.2. The number of carbonyl (C=O) groups excluding carboxylic acids is 2. The normalized spacial score (nSPS) is 15.2. The average molecular weight is 306 g/mol. The van der Waals surface area contributed by atoms with Crippen molar-refractivity contribution in [2.45, 2.75) is 44.0 Å². The summed E-state index contributed by atoms with van der Waals surface area (Å²) < 4.78 is 0. The second-order valence-electron chi connectivity index (χ2n) is 5.24. The SMILES string of the molecule is CC[C@@H](C)NC(=O)CCC(=O)N1CCSc2ccccc21. The van der Waals surface area contributed by atoms with Gasteiger partial charge in [-0.1, -0.05) is 19.1 Å². The Bertz CT molecular complexity index is 519. The minimum absolute atomic E-state index is 0.0297. The highest BCUT2D eigenvalue weighted by Gasteiger charge is 2.22. The van der Waals surface area contributed by atoms with Crippen molar-refractivity contribution >= 4 is 29.3 Å². The molecule has 1 heterocycles. The summed E-state index contributed by atoms with van der Waals surface area (Å²) in [6.45, 7) is 4.71. The Morgan fingerprint density at radius 2 is 2.10 bits per heavy atom. The summed E-state index contributed by atoms with van der Waals surface area (Å²) in [5.74, 6) is 0.890. The van der Waals surface area contributed by atoms with Crippen molar-refractivity contribution < 1.29 is 9.59 Å². The van der Waals surface area contributed by atoms with E-state index in [1.165, 1.54) is 0 Å². The van der Waals surface area contributed by atoms with Crippen LogP contribution in [0.15, 0.2) is 29.2 Å². The molecule has 114 valence electrons. The number of hydrogen-bond acceptors (Lipinski definition) is 3. The number of anilines is 1. The maximum Gasteiger partial charge on any atom is 0.227 e. The molecule has 2 amide bonds. The number of nitrogens with zero attached hydrogens (tertiary/aromatic N) is 1. The van der Waals surface area contributed by atoms with Gasteiger partial charge in [0.2, 0.25) is 11.8 Å². The summed E-state index contributed by atoms with van der Waals surface area (Å²) in [4.78, 5) is 27.1. The Morgan fingerprint density at radius 1 is 1.33 bits per heavy atom. The molecule has 0 spiro atoms. The highest BCUT2D eigenvalue weighted by atomic mass is 32.2. The number of para-hydroxylation sites is 1. The first-order valence-electron chi connectivity index (χ1n) is 7.43. The third-order valence-electron chi connectivity index (χ3n) is 3.62. The smallest absolute Gasteiger partial charge is 0.227 e. The van der Waals surface area contributed by atoms with Gasteiger partial charge < -0.3 is 10.2 Å². The maximum atomic E-state index is 12.4. The van der Waals surface area contributed by atoms with Crippen LogP contribution in [-0.2, 0) is 9.59 Å². The molecule has 1 aromatic rings. The van der Waals surface area contributed by atoms with Crippen LogP contribution in [-0.4, -0.2) is 30.2 Å². The molecule has 21 heavy (non-hydrogen) atoms. The molecule has 1 N–H and O–H groups in total. The van der Waals surface area contributed by atoms with E-state index in [0.717, 1.165) is 22.8 Å². The Hall–Kier alpha value is -1.49. The van der Waals surface area contributed by atoms with E-state index < -0.39 is 0 Å². The molecule has 0 aromatic heterocycles. The minimum atomic E-state index is -0.0441. The zero-order valence-electron chi connectivity index (χ0n) is 12.6. The molecule has 1 atom stereocenters.